The smallest absolute Gasteiger partial charge is 0.407 e. The van der Waals surface area contributed by atoms with Gasteiger partial charge in [0.15, 0.2) is 0 Å². The van der Waals surface area contributed by atoms with Gasteiger partial charge in [-0.05, 0) is 40.5 Å². The van der Waals surface area contributed by atoms with E-state index in [2.05, 4.69) is 5.32 Å². The molecule has 6 heteroatoms. The number of nitrogens with one attached hydrogen (secondary N) is 1. The Kier molecular flexibility index (Phi) is 7.44. The van der Waals surface area contributed by atoms with Gasteiger partial charge in [-0.1, -0.05) is 0 Å². The zero-order chi connectivity index (χ0) is 15.1. The summed E-state index contributed by atoms with van der Waals surface area (Å²) in [6.07, 6.45) is 1.36. The van der Waals surface area contributed by atoms with Crippen molar-refractivity contribution in [1.29, 1.82) is 0 Å². The molecular weight excluding hydrogens is 248 g/mol. The first-order valence-electron chi connectivity index (χ1n) is 6.46. The van der Waals surface area contributed by atoms with E-state index in [1.54, 1.807) is 7.05 Å². The zero-order valence-electron chi connectivity index (χ0n) is 12.8. The fourth-order valence-electron chi connectivity index (χ4n) is 1.40. The topological polar surface area (TPSA) is 67.9 Å². The fraction of sp³-hybridized carbons (Fsp3) is 0.846. The van der Waals surface area contributed by atoms with Crippen LogP contribution < -0.4 is 5.32 Å². The molecule has 0 aliphatic rings. The number of hydrogen-bond acceptors (Lipinski definition) is 4. The molecule has 0 aliphatic carbocycles. The molecule has 0 aromatic carbocycles. The monoisotopic (exact) mass is 274 g/mol. The predicted octanol–water partition coefficient (Wildman–Crippen LogP) is 2.09. The lowest BCUT2D eigenvalue weighted by atomic mass is 10.1. The van der Waals surface area contributed by atoms with Crippen LogP contribution >= 0.6 is 0 Å². The third-order valence-corrected chi connectivity index (χ3v) is 2.42. The SMILES string of the molecule is CON(C)C(=O)CCCC(C)NC(=O)OC(C)(C)C. The third-order valence-electron chi connectivity index (χ3n) is 2.42. The molecule has 6 nitrogen and oxygen atoms in total. The van der Waals surface area contributed by atoms with E-state index in [1.807, 2.05) is 27.7 Å². The van der Waals surface area contributed by atoms with E-state index in [9.17, 15) is 9.59 Å². The maximum atomic E-state index is 11.5. The van der Waals surface area contributed by atoms with Gasteiger partial charge in [0.1, 0.15) is 5.60 Å². The third kappa shape index (κ3) is 9.30. The number of amides is 2. The number of carbonyl (C=O) groups excluding carboxylic acids is 2. The molecule has 0 bridgehead atoms. The standard InChI is InChI=1S/C13H26N2O4/c1-10(14-12(17)19-13(2,3)4)8-7-9-11(16)15(5)18-6/h10H,7-9H2,1-6H3,(H,14,17). The first-order valence-corrected chi connectivity index (χ1v) is 6.46. The summed E-state index contributed by atoms with van der Waals surface area (Å²) < 4.78 is 5.15. The molecule has 0 aromatic rings. The van der Waals surface area contributed by atoms with Crippen molar-refractivity contribution >= 4 is 12.0 Å². The molecule has 0 saturated heterocycles. The van der Waals surface area contributed by atoms with Gasteiger partial charge >= 0.3 is 6.09 Å². The van der Waals surface area contributed by atoms with Crippen LogP contribution in [0.2, 0.25) is 0 Å². The second-order valence-corrected chi connectivity index (χ2v) is 5.51. The van der Waals surface area contributed by atoms with E-state index < -0.39 is 11.7 Å². The molecule has 0 fully saturated rings. The summed E-state index contributed by atoms with van der Waals surface area (Å²) in [5.41, 5.74) is -0.499. The van der Waals surface area contributed by atoms with E-state index in [0.29, 0.717) is 19.3 Å². The number of hydroxylamine groups is 2. The molecule has 0 aromatic heterocycles. The summed E-state index contributed by atoms with van der Waals surface area (Å²) in [5.74, 6) is -0.0769. The number of rotatable bonds is 6. The fourth-order valence-corrected chi connectivity index (χ4v) is 1.40. The molecule has 0 aliphatic heterocycles. The molecule has 1 N–H and O–H groups in total. The van der Waals surface area contributed by atoms with Crippen molar-refractivity contribution in [2.45, 2.75) is 58.6 Å². The Labute approximate surface area is 115 Å². The average Bonchev–Trinajstić information content (AvgIpc) is 2.24. The van der Waals surface area contributed by atoms with Crippen LogP contribution in [0.5, 0.6) is 0 Å². The molecule has 0 radical (unpaired) electrons. The van der Waals surface area contributed by atoms with Gasteiger partial charge in [-0.15, -0.1) is 0 Å². The minimum atomic E-state index is -0.499. The molecule has 0 spiro atoms. The summed E-state index contributed by atoms with van der Waals surface area (Å²) in [5, 5.41) is 3.94. The van der Waals surface area contributed by atoms with Gasteiger partial charge in [-0.25, -0.2) is 9.86 Å². The Balaban J connectivity index is 3.85. The number of carbonyl (C=O) groups is 2. The highest BCUT2D eigenvalue weighted by molar-refractivity contribution is 5.74. The summed E-state index contributed by atoms with van der Waals surface area (Å²) in [4.78, 5) is 27.7. The highest BCUT2D eigenvalue weighted by atomic mass is 16.7. The maximum Gasteiger partial charge on any atom is 0.407 e. The summed E-state index contributed by atoms with van der Waals surface area (Å²) >= 11 is 0. The van der Waals surface area contributed by atoms with E-state index in [-0.39, 0.29) is 11.9 Å². The predicted molar refractivity (Wildman–Crippen MR) is 72.5 cm³/mol. The molecule has 1 atom stereocenters. The van der Waals surface area contributed by atoms with E-state index in [4.69, 9.17) is 9.57 Å². The van der Waals surface area contributed by atoms with Crippen LogP contribution in [0.3, 0.4) is 0 Å². The van der Waals surface area contributed by atoms with E-state index >= 15 is 0 Å². The largest absolute Gasteiger partial charge is 0.444 e. The Morgan fingerprint density at radius 2 is 1.89 bits per heavy atom. The van der Waals surface area contributed by atoms with Gasteiger partial charge in [0, 0.05) is 19.5 Å². The summed E-state index contributed by atoms with van der Waals surface area (Å²) in [6.45, 7) is 7.33. The second-order valence-electron chi connectivity index (χ2n) is 5.51. The minimum Gasteiger partial charge on any atom is -0.444 e. The van der Waals surface area contributed by atoms with Gasteiger partial charge in [-0.2, -0.15) is 0 Å². The van der Waals surface area contributed by atoms with Crippen LogP contribution in [0.25, 0.3) is 0 Å². The van der Waals surface area contributed by atoms with Crippen LogP contribution in [-0.2, 0) is 14.4 Å². The Hall–Kier alpha value is -1.30. The highest BCUT2D eigenvalue weighted by Gasteiger charge is 2.17. The molecule has 0 saturated carbocycles. The first kappa shape index (κ1) is 17.7. The maximum absolute atomic E-state index is 11.5. The Bertz CT molecular complexity index is 300. The number of nitrogens with zero attached hydrogens (tertiary/aromatic N) is 1. The lowest BCUT2D eigenvalue weighted by molar-refractivity contribution is -0.168. The van der Waals surface area contributed by atoms with Crippen molar-refractivity contribution in [2.75, 3.05) is 14.2 Å². The van der Waals surface area contributed by atoms with Crippen molar-refractivity contribution in [3.8, 4) is 0 Å². The van der Waals surface area contributed by atoms with Crippen LogP contribution in [-0.4, -0.2) is 42.9 Å². The van der Waals surface area contributed by atoms with Crippen molar-refractivity contribution in [1.82, 2.24) is 10.4 Å². The Morgan fingerprint density at radius 3 is 2.37 bits per heavy atom. The van der Waals surface area contributed by atoms with Gasteiger partial charge in [-0.3, -0.25) is 9.63 Å². The zero-order valence-corrected chi connectivity index (χ0v) is 12.8. The summed E-state index contributed by atoms with van der Waals surface area (Å²) in [6, 6.07) is -0.0319. The number of alkyl carbamates (subject to hydrolysis) is 1. The van der Waals surface area contributed by atoms with Gasteiger partial charge in [0.2, 0.25) is 5.91 Å². The van der Waals surface area contributed by atoms with Crippen LogP contribution in [0.1, 0.15) is 47.0 Å². The van der Waals surface area contributed by atoms with Crippen molar-refractivity contribution < 1.29 is 19.2 Å². The van der Waals surface area contributed by atoms with Crippen molar-refractivity contribution in [3.63, 3.8) is 0 Å². The molecular formula is C13H26N2O4. The minimum absolute atomic E-state index is 0.0319. The van der Waals surface area contributed by atoms with Gasteiger partial charge in [0.05, 0.1) is 7.11 Å². The van der Waals surface area contributed by atoms with Crippen LogP contribution in [0, 0.1) is 0 Å². The number of ether oxygens (including phenoxy) is 1. The normalized spacial score (nSPS) is 12.7. The number of hydrogen-bond donors (Lipinski definition) is 1. The van der Waals surface area contributed by atoms with Crippen molar-refractivity contribution in [2.24, 2.45) is 0 Å². The lowest BCUT2D eigenvalue weighted by Gasteiger charge is -2.22. The van der Waals surface area contributed by atoms with Gasteiger partial charge in [0.25, 0.3) is 0 Å². The molecule has 19 heavy (non-hydrogen) atoms. The van der Waals surface area contributed by atoms with Crippen molar-refractivity contribution in [3.05, 3.63) is 0 Å². The average molecular weight is 274 g/mol. The molecule has 112 valence electrons. The van der Waals surface area contributed by atoms with E-state index in [0.717, 1.165) is 0 Å². The quantitative estimate of drug-likeness (QED) is 0.753. The first-order chi connectivity index (χ1) is 8.65. The molecule has 1 unspecified atom stereocenters. The molecule has 2 amide bonds. The summed E-state index contributed by atoms with van der Waals surface area (Å²) in [7, 11) is 3.02. The van der Waals surface area contributed by atoms with Gasteiger partial charge < -0.3 is 10.1 Å². The van der Waals surface area contributed by atoms with Crippen LogP contribution in [0.4, 0.5) is 4.79 Å². The second kappa shape index (κ2) is 7.99. The molecule has 0 heterocycles. The van der Waals surface area contributed by atoms with Crippen LogP contribution in [0.15, 0.2) is 0 Å². The lowest BCUT2D eigenvalue weighted by Crippen LogP contribution is -2.37. The molecule has 0 rings (SSSR count). The van der Waals surface area contributed by atoms with E-state index in [1.165, 1.54) is 12.2 Å². The highest BCUT2D eigenvalue weighted by Crippen LogP contribution is 2.08. The Morgan fingerprint density at radius 1 is 1.32 bits per heavy atom.